The summed E-state index contributed by atoms with van der Waals surface area (Å²) in [6.45, 7) is 4.52. The highest BCUT2D eigenvalue weighted by molar-refractivity contribution is 6.31. The van der Waals surface area contributed by atoms with Gasteiger partial charge in [0.2, 0.25) is 0 Å². The second-order valence-corrected chi connectivity index (χ2v) is 6.88. The van der Waals surface area contributed by atoms with Crippen molar-refractivity contribution in [3.8, 4) is 5.75 Å². The van der Waals surface area contributed by atoms with E-state index in [1.807, 2.05) is 48.5 Å². The molecule has 2 nitrogen and oxygen atoms in total. The zero-order chi connectivity index (χ0) is 18.5. The highest BCUT2D eigenvalue weighted by Crippen LogP contribution is 2.26. The predicted octanol–water partition coefficient (Wildman–Crippen LogP) is 6.94. The Morgan fingerprint density at radius 3 is 2.58 bits per heavy atom. The Labute approximate surface area is 164 Å². The summed E-state index contributed by atoms with van der Waals surface area (Å²) in [7, 11) is 0. The molecule has 4 heteroatoms. The molecule has 0 spiro atoms. The van der Waals surface area contributed by atoms with Crippen molar-refractivity contribution in [2.75, 3.05) is 0 Å². The van der Waals surface area contributed by atoms with Crippen molar-refractivity contribution < 1.29 is 4.74 Å². The molecule has 3 rings (SSSR count). The monoisotopic (exact) mass is 383 g/mol. The van der Waals surface area contributed by atoms with E-state index in [0.717, 1.165) is 22.4 Å². The van der Waals surface area contributed by atoms with Gasteiger partial charge in [0, 0.05) is 27.4 Å². The van der Waals surface area contributed by atoms with Gasteiger partial charge in [-0.1, -0.05) is 53.5 Å². The summed E-state index contributed by atoms with van der Waals surface area (Å²) in [5.74, 6) is 0.711. The molecule has 0 saturated heterocycles. The molecule has 26 heavy (non-hydrogen) atoms. The Morgan fingerprint density at radius 1 is 0.962 bits per heavy atom. The zero-order valence-corrected chi connectivity index (χ0v) is 16.2. The minimum Gasteiger partial charge on any atom is -0.488 e. The summed E-state index contributed by atoms with van der Waals surface area (Å²) in [4.78, 5) is 4.62. The molecule has 132 valence electrons. The van der Waals surface area contributed by atoms with Crippen molar-refractivity contribution in [2.24, 2.45) is 4.99 Å². The summed E-state index contributed by atoms with van der Waals surface area (Å²) in [5, 5.41) is 1.32. The number of hydrogen-bond acceptors (Lipinski definition) is 2. The third kappa shape index (κ3) is 4.46. The molecule has 3 aromatic rings. The van der Waals surface area contributed by atoms with Crippen LogP contribution in [-0.4, -0.2) is 6.21 Å². The lowest BCUT2D eigenvalue weighted by Gasteiger charge is -2.11. The van der Waals surface area contributed by atoms with E-state index < -0.39 is 0 Å². The lowest BCUT2D eigenvalue weighted by Crippen LogP contribution is -1.99. The second-order valence-electron chi connectivity index (χ2n) is 6.04. The van der Waals surface area contributed by atoms with Crippen LogP contribution in [0.3, 0.4) is 0 Å². The maximum absolute atomic E-state index is 6.20. The highest BCUT2D eigenvalue weighted by Gasteiger charge is 2.06. The van der Waals surface area contributed by atoms with Crippen LogP contribution in [-0.2, 0) is 6.61 Å². The second kappa shape index (κ2) is 8.39. The topological polar surface area (TPSA) is 21.6 Å². The van der Waals surface area contributed by atoms with Gasteiger partial charge in [-0.25, -0.2) is 0 Å². The van der Waals surface area contributed by atoms with Gasteiger partial charge in [0.25, 0.3) is 0 Å². The van der Waals surface area contributed by atoms with E-state index in [-0.39, 0.29) is 0 Å². The Hall–Kier alpha value is -2.29. The summed E-state index contributed by atoms with van der Waals surface area (Å²) < 4.78 is 5.97. The molecule has 0 unspecified atom stereocenters. The number of rotatable bonds is 5. The lowest BCUT2D eigenvalue weighted by molar-refractivity contribution is 0.306. The van der Waals surface area contributed by atoms with Crippen LogP contribution in [0.25, 0.3) is 0 Å². The van der Waals surface area contributed by atoms with E-state index in [0.29, 0.717) is 22.4 Å². The van der Waals surface area contributed by atoms with Crippen molar-refractivity contribution in [2.45, 2.75) is 20.5 Å². The van der Waals surface area contributed by atoms with Gasteiger partial charge in [-0.05, 0) is 55.3 Å². The quantitative estimate of drug-likeness (QED) is 0.437. The van der Waals surface area contributed by atoms with Crippen molar-refractivity contribution in [3.63, 3.8) is 0 Å². The number of hydrogen-bond donors (Lipinski definition) is 0. The number of nitrogens with zero attached hydrogens (tertiary/aromatic N) is 1. The van der Waals surface area contributed by atoms with Crippen LogP contribution < -0.4 is 4.74 Å². The van der Waals surface area contributed by atoms with Crippen molar-refractivity contribution in [3.05, 3.63) is 93.0 Å². The normalized spacial score (nSPS) is 11.1. The first-order chi connectivity index (χ1) is 12.5. The molecule has 0 saturated carbocycles. The number of benzene rings is 3. The molecular formula is C22H19Cl2NO. The van der Waals surface area contributed by atoms with Crippen LogP contribution in [0.4, 0.5) is 5.69 Å². The van der Waals surface area contributed by atoms with E-state index in [4.69, 9.17) is 27.9 Å². The SMILES string of the molecule is Cc1cccc(N=Cc2cc(Cl)ccc2OCc2ccccc2Cl)c1C. The predicted molar refractivity (Wildman–Crippen MR) is 110 cm³/mol. The van der Waals surface area contributed by atoms with Crippen molar-refractivity contribution >= 4 is 35.1 Å². The molecule has 0 amide bonds. The fraction of sp³-hybridized carbons (Fsp3) is 0.136. The molecule has 0 aliphatic carbocycles. The summed E-state index contributed by atoms with van der Waals surface area (Å²) in [6, 6.07) is 19.2. The first kappa shape index (κ1) is 18.5. The fourth-order valence-corrected chi connectivity index (χ4v) is 2.91. The van der Waals surface area contributed by atoms with E-state index in [9.17, 15) is 0 Å². The van der Waals surface area contributed by atoms with Gasteiger partial charge in [-0.3, -0.25) is 4.99 Å². The lowest BCUT2D eigenvalue weighted by atomic mass is 10.1. The largest absolute Gasteiger partial charge is 0.488 e. The van der Waals surface area contributed by atoms with E-state index in [2.05, 4.69) is 24.9 Å². The van der Waals surface area contributed by atoms with Gasteiger partial charge in [-0.2, -0.15) is 0 Å². The van der Waals surface area contributed by atoms with Crippen LogP contribution in [0.1, 0.15) is 22.3 Å². The summed E-state index contributed by atoms with van der Waals surface area (Å²) in [5.41, 5.74) is 5.05. The maximum Gasteiger partial charge on any atom is 0.128 e. The molecule has 0 aliphatic heterocycles. The van der Waals surface area contributed by atoms with E-state index >= 15 is 0 Å². The zero-order valence-electron chi connectivity index (χ0n) is 14.7. The van der Waals surface area contributed by atoms with Crippen molar-refractivity contribution in [1.29, 1.82) is 0 Å². The van der Waals surface area contributed by atoms with Gasteiger partial charge in [0.1, 0.15) is 12.4 Å². The minimum absolute atomic E-state index is 0.381. The minimum atomic E-state index is 0.381. The molecule has 3 aromatic carbocycles. The van der Waals surface area contributed by atoms with Gasteiger partial charge in [-0.15, -0.1) is 0 Å². The molecule has 0 N–H and O–H groups in total. The van der Waals surface area contributed by atoms with Gasteiger partial charge < -0.3 is 4.74 Å². The van der Waals surface area contributed by atoms with Crippen LogP contribution in [0.15, 0.2) is 65.7 Å². The number of aryl methyl sites for hydroxylation is 1. The average molecular weight is 384 g/mol. The number of aliphatic imine (C=N–C) groups is 1. The Kier molecular flexibility index (Phi) is 5.97. The maximum atomic E-state index is 6.20. The van der Waals surface area contributed by atoms with Crippen LogP contribution >= 0.6 is 23.2 Å². The Bertz CT molecular complexity index is 951. The average Bonchev–Trinajstić information content (AvgIpc) is 2.63. The first-order valence-electron chi connectivity index (χ1n) is 8.30. The number of ether oxygens (including phenoxy) is 1. The third-order valence-corrected chi connectivity index (χ3v) is 4.84. The first-order valence-corrected chi connectivity index (χ1v) is 9.06. The van der Waals surface area contributed by atoms with Crippen LogP contribution in [0.5, 0.6) is 5.75 Å². The van der Waals surface area contributed by atoms with E-state index in [1.54, 1.807) is 12.3 Å². The molecule has 0 bridgehead atoms. The molecule has 0 aromatic heterocycles. The third-order valence-electron chi connectivity index (χ3n) is 4.23. The van der Waals surface area contributed by atoms with Crippen LogP contribution in [0.2, 0.25) is 10.0 Å². The standard InChI is InChI=1S/C22H19Cl2NO/c1-15-6-5-9-21(16(15)2)25-13-18-12-19(23)10-11-22(18)26-14-17-7-3-4-8-20(17)24/h3-13H,14H2,1-2H3. The molecule has 0 fully saturated rings. The van der Waals surface area contributed by atoms with Crippen LogP contribution in [0, 0.1) is 13.8 Å². The van der Waals surface area contributed by atoms with Gasteiger partial charge >= 0.3 is 0 Å². The van der Waals surface area contributed by atoms with Gasteiger partial charge in [0.05, 0.1) is 5.69 Å². The smallest absolute Gasteiger partial charge is 0.128 e. The molecule has 0 radical (unpaired) electrons. The summed E-state index contributed by atoms with van der Waals surface area (Å²) in [6.07, 6.45) is 1.79. The fourth-order valence-electron chi connectivity index (χ4n) is 2.54. The highest BCUT2D eigenvalue weighted by atomic mass is 35.5. The van der Waals surface area contributed by atoms with Crippen molar-refractivity contribution in [1.82, 2.24) is 0 Å². The van der Waals surface area contributed by atoms with Gasteiger partial charge in [0.15, 0.2) is 0 Å². The molecule has 0 aliphatic rings. The number of halogens is 2. The Balaban J connectivity index is 1.85. The van der Waals surface area contributed by atoms with E-state index in [1.165, 1.54) is 5.56 Å². The molecule has 0 atom stereocenters. The summed E-state index contributed by atoms with van der Waals surface area (Å²) >= 11 is 12.4. The molecular weight excluding hydrogens is 365 g/mol. The Morgan fingerprint density at radius 2 is 1.77 bits per heavy atom. The molecule has 0 heterocycles.